The third-order valence-corrected chi connectivity index (χ3v) is 3.36. The molecular weight excluding hydrogens is 286 g/mol. The standard InChI is InChI=1S/C16H14ClN3O/c17-10-15-11-18-19-20(15)14-6-8-16(9-7-14)21-12-13-4-2-1-3-5-13/h1-9,11H,10,12H2. The number of alkyl halides is 1. The topological polar surface area (TPSA) is 39.9 Å². The Kier molecular flexibility index (Phi) is 4.17. The average molecular weight is 300 g/mol. The van der Waals surface area contributed by atoms with E-state index in [0.717, 1.165) is 22.7 Å². The lowest BCUT2D eigenvalue weighted by Gasteiger charge is -2.08. The largest absolute Gasteiger partial charge is 0.489 e. The molecule has 4 nitrogen and oxygen atoms in total. The third-order valence-electron chi connectivity index (χ3n) is 3.09. The lowest BCUT2D eigenvalue weighted by atomic mass is 10.2. The molecule has 3 rings (SSSR count). The van der Waals surface area contributed by atoms with E-state index in [4.69, 9.17) is 16.3 Å². The first-order chi connectivity index (χ1) is 10.4. The molecule has 1 aromatic heterocycles. The van der Waals surface area contributed by atoms with Gasteiger partial charge in [-0.05, 0) is 29.8 Å². The monoisotopic (exact) mass is 299 g/mol. The van der Waals surface area contributed by atoms with Crippen LogP contribution in [0.1, 0.15) is 11.3 Å². The van der Waals surface area contributed by atoms with E-state index in [9.17, 15) is 0 Å². The number of ether oxygens (including phenoxy) is 1. The highest BCUT2D eigenvalue weighted by Gasteiger charge is 2.05. The molecule has 0 atom stereocenters. The van der Waals surface area contributed by atoms with E-state index in [2.05, 4.69) is 10.3 Å². The summed E-state index contributed by atoms with van der Waals surface area (Å²) in [5.41, 5.74) is 2.91. The van der Waals surface area contributed by atoms with Crippen molar-refractivity contribution in [1.29, 1.82) is 0 Å². The smallest absolute Gasteiger partial charge is 0.119 e. The fraction of sp³-hybridized carbons (Fsp3) is 0.125. The molecule has 0 spiro atoms. The van der Waals surface area contributed by atoms with Gasteiger partial charge in [-0.25, -0.2) is 4.68 Å². The maximum absolute atomic E-state index is 5.85. The van der Waals surface area contributed by atoms with E-state index in [0.29, 0.717) is 12.5 Å². The second-order valence-electron chi connectivity index (χ2n) is 4.54. The number of aromatic nitrogens is 3. The van der Waals surface area contributed by atoms with Crippen LogP contribution in [0.5, 0.6) is 5.75 Å². The van der Waals surface area contributed by atoms with Gasteiger partial charge in [0.1, 0.15) is 12.4 Å². The summed E-state index contributed by atoms with van der Waals surface area (Å²) in [6.07, 6.45) is 1.66. The molecule has 21 heavy (non-hydrogen) atoms. The van der Waals surface area contributed by atoms with E-state index in [1.54, 1.807) is 10.9 Å². The summed E-state index contributed by atoms with van der Waals surface area (Å²) in [5.74, 6) is 1.19. The predicted molar refractivity (Wildman–Crippen MR) is 81.7 cm³/mol. The molecule has 2 aromatic carbocycles. The second kappa shape index (κ2) is 6.41. The van der Waals surface area contributed by atoms with Crippen LogP contribution in [0.3, 0.4) is 0 Å². The van der Waals surface area contributed by atoms with Crippen molar-refractivity contribution < 1.29 is 4.74 Å². The van der Waals surface area contributed by atoms with Crippen LogP contribution in [0.25, 0.3) is 5.69 Å². The fourth-order valence-electron chi connectivity index (χ4n) is 1.99. The van der Waals surface area contributed by atoms with Crippen LogP contribution in [0.15, 0.2) is 60.8 Å². The van der Waals surface area contributed by atoms with Gasteiger partial charge in [-0.1, -0.05) is 35.5 Å². The maximum atomic E-state index is 5.85. The zero-order valence-electron chi connectivity index (χ0n) is 11.3. The molecule has 0 saturated carbocycles. The molecule has 0 aliphatic heterocycles. The Morgan fingerprint density at radius 3 is 2.48 bits per heavy atom. The summed E-state index contributed by atoms with van der Waals surface area (Å²) >= 11 is 5.85. The van der Waals surface area contributed by atoms with Crippen molar-refractivity contribution in [2.24, 2.45) is 0 Å². The summed E-state index contributed by atoms with van der Waals surface area (Å²) in [7, 11) is 0. The van der Waals surface area contributed by atoms with E-state index in [-0.39, 0.29) is 0 Å². The van der Waals surface area contributed by atoms with Crippen LogP contribution in [0, 0.1) is 0 Å². The second-order valence-corrected chi connectivity index (χ2v) is 4.81. The van der Waals surface area contributed by atoms with Gasteiger partial charge < -0.3 is 4.74 Å². The number of nitrogens with zero attached hydrogens (tertiary/aromatic N) is 3. The third kappa shape index (κ3) is 3.23. The molecule has 0 saturated heterocycles. The van der Waals surface area contributed by atoms with Crippen LogP contribution >= 0.6 is 11.6 Å². The van der Waals surface area contributed by atoms with Crippen LogP contribution in [0.4, 0.5) is 0 Å². The van der Waals surface area contributed by atoms with Gasteiger partial charge in [-0.2, -0.15) is 0 Å². The predicted octanol–water partition coefficient (Wildman–Crippen LogP) is 3.59. The molecule has 0 N–H and O–H groups in total. The minimum Gasteiger partial charge on any atom is -0.489 e. The molecule has 5 heteroatoms. The van der Waals surface area contributed by atoms with Gasteiger partial charge in [0.05, 0.1) is 23.5 Å². The van der Waals surface area contributed by atoms with Gasteiger partial charge in [0.25, 0.3) is 0 Å². The van der Waals surface area contributed by atoms with Crippen LogP contribution in [-0.4, -0.2) is 15.0 Å². The van der Waals surface area contributed by atoms with E-state index >= 15 is 0 Å². The summed E-state index contributed by atoms with van der Waals surface area (Å²) in [5, 5.41) is 7.89. The zero-order valence-corrected chi connectivity index (χ0v) is 12.1. The van der Waals surface area contributed by atoms with Crippen LogP contribution < -0.4 is 4.74 Å². The normalized spacial score (nSPS) is 10.5. The Hall–Kier alpha value is -2.33. The summed E-state index contributed by atoms with van der Waals surface area (Å²) in [4.78, 5) is 0. The molecule has 0 aliphatic carbocycles. The molecule has 1 heterocycles. The molecule has 106 valence electrons. The quantitative estimate of drug-likeness (QED) is 0.676. The van der Waals surface area contributed by atoms with Gasteiger partial charge in [-0.15, -0.1) is 16.7 Å². The number of benzene rings is 2. The van der Waals surface area contributed by atoms with Crippen molar-refractivity contribution in [3.63, 3.8) is 0 Å². The first-order valence-corrected chi connectivity index (χ1v) is 7.13. The van der Waals surface area contributed by atoms with Crippen molar-refractivity contribution in [2.45, 2.75) is 12.5 Å². The van der Waals surface area contributed by atoms with E-state index in [1.165, 1.54) is 0 Å². The summed E-state index contributed by atoms with van der Waals surface area (Å²) in [6.45, 7) is 0.552. The van der Waals surface area contributed by atoms with E-state index < -0.39 is 0 Å². The number of hydrogen-bond acceptors (Lipinski definition) is 3. The van der Waals surface area contributed by atoms with E-state index in [1.807, 2.05) is 54.6 Å². The van der Waals surface area contributed by atoms with Gasteiger partial charge in [0, 0.05) is 0 Å². The minimum absolute atomic E-state index is 0.374. The minimum atomic E-state index is 0.374. The molecule has 0 aliphatic rings. The van der Waals surface area contributed by atoms with Gasteiger partial charge in [0.2, 0.25) is 0 Å². The molecule has 0 unspecified atom stereocenters. The average Bonchev–Trinajstić information content (AvgIpc) is 3.03. The number of halogens is 1. The fourth-order valence-corrected chi connectivity index (χ4v) is 2.17. The Labute approximate surface area is 127 Å². The molecule has 3 aromatic rings. The highest BCUT2D eigenvalue weighted by molar-refractivity contribution is 6.16. The number of rotatable bonds is 5. The summed E-state index contributed by atoms with van der Waals surface area (Å²) < 4.78 is 7.47. The molecule has 0 bridgehead atoms. The number of hydrogen-bond donors (Lipinski definition) is 0. The van der Waals surface area contributed by atoms with Crippen molar-refractivity contribution in [1.82, 2.24) is 15.0 Å². The molecular formula is C16H14ClN3O. The highest BCUT2D eigenvalue weighted by Crippen LogP contribution is 2.17. The van der Waals surface area contributed by atoms with Crippen LogP contribution in [0.2, 0.25) is 0 Å². The SMILES string of the molecule is ClCc1cnnn1-c1ccc(OCc2ccccc2)cc1. The van der Waals surface area contributed by atoms with Crippen molar-refractivity contribution in [2.75, 3.05) is 0 Å². The lowest BCUT2D eigenvalue weighted by Crippen LogP contribution is -2.01. The Bertz CT molecular complexity index is 695. The van der Waals surface area contributed by atoms with Crippen LogP contribution in [-0.2, 0) is 12.5 Å². The van der Waals surface area contributed by atoms with Gasteiger partial charge in [0.15, 0.2) is 0 Å². The first kappa shape index (κ1) is 13.6. The van der Waals surface area contributed by atoms with Gasteiger partial charge >= 0.3 is 0 Å². The highest BCUT2D eigenvalue weighted by atomic mass is 35.5. The first-order valence-electron chi connectivity index (χ1n) is 6.59. The lowest BCUT2D eigenvalue weighted by molar-refractivity contribution is 0.306. The molecule has 0 fully saturated rings. The van der Waals surface area contributed by atoms with Crippen molar-refractivity contribution >= 4 is 11.6 Å². The van der Waals surface area contributed by atoms with Crippen molar-refractivity contribution in [3.8, 4) is 11.4 Å². The Balaban J connectivity index is 1.70. The Morgan fingerprint density at radius 1 is 1.00 bits per heavy atom. The zero-order chi connectivity index (χ0) is 14.5. The summed E-state index contributed by atoms with van der Waals surface area (Å²) in [6, 6.07) is 17.8. The maximum Gasteiger partial charge on any atom is 0.119 e. The Morgan fingerprint density at radius 2 is 1.76 bits per heavy atom. The molecule has 0 radical (unpaired) electrons. The molecule has 0 amide bonds. The van der Waals surface area contributed by atoms with Crippen molar-refractivity contribution in [3.05, 3.63) is 72.1 Å². The van der Waals surface area contributed by atoms with Gasteiger partial charge in [-0.3, -0.25) is 0 Å².